The Labute approximate surface area is 124 Å². The number of rotatable bonds is 2. The van der Waals surface area contributed by atoms with Crippen molar-refractivity contribution in [3.05, 3.63) is 42.1 Å². The molecule has 1 aliphatic carbocycles. The largest absolute Gasteiger partial charge is 0.370 e. The maximum absolute atomic E-state index is 6.16. The third kappa shape index (κ3) is 2.15. The average Bonchev–Trinajstić information content (AvgIpc) is 3.15. The van der Waals surface area contributed by atoms with E-state index in [4.69, 9.17) is 5.73 Å². The summed E-state index contributed by atoms with van der Waals surface area (Å²) in [5.41, 5.74) is 8.50. The molecule has 1 aromatic carbocycles. The molecular formula is C17H20N4. The van der Waals surface area contributed by atoms with Gasteiger partial charge in [0.1, 0.15) is 0 Å². The molecule has 0 spiro atoms. The molecule has 0 saturated heterocycles. The van der Waals surface area contributed by atoms with E-state index in [2.05, 4.69) is 39.1 Å². The molecule has 1 unspecified atom stereocenters. The summed E-state index contributed by atoms with van der Waals surface area (Å²) in [5, 5.41) is 1.19. The van der Waals surface area contributed by atoms with Crippen LogP contribution in [0, 0.1) is 0 Å². The lowest BCUT2D eigenvalue weighted by atomic mass is 10.0. The maximum Gasteiger partial charge on any atom is 0.192 e. The van der Waals surface area contributed by atoms with E-state index < -0.39 is 0 Å². The summed E-state index contributed by atoms with van der Waals surface area (Å²) in [7, 11) is 0. The Morgan fingerprint density at radius 1 is 1.14 bits per heavy atom. The highest BCUT2D eigenvalue weighted by Gasteiger charge is 2.34. The van der Waals surface area contributed by atoms with Crippen LogP contribution in [0.4, 0.5) is 0 Å². The van der Waals surface area contributed by atoms with Crippen molar-refractivity contribution in [1.29, 1.82) is 0 Å². The van der Waals surface area contributed by atoms with Gasteiger partial charge in [0, 0.05) is 17.6 Å². The summed E-state index contributed by atoms with van der Waals surface area (Å²) in [6, 6.07) is 11.5. The first-order valence-electron chi connectivity index (χ1n) is 7.76. The molecule has 0 bridgehead atoms. The number of hydrogen-bond donors (Lipinski definition) is 1. The van der Waals surface area contributed by atoms with E-state index in [9.17, 15) is 0 Å². The van der Waals surface area contributed by atoms with Crippen molar-refractivity contribution < 1.29 is 0 Å². The molecule has 108 valence electrons. The van der Waals surface area contributed by atoms with Crippen molar-refractivity contribution in [3.8, 4) is 0 Å². The number of guanidine groups is 1. The number of nitrogens with zero attached hydrogens (tertiary/aromatic N) is 3. The quantitative estimate of drug-likeness (QED) is 0.920. The van der Waals surface area contributed by atoms with Gasteiger partial charge in [0.05, 0.1) is 18.1 Å². The fraction of sp³-hybridized carbons (Fsp3) is 0.412. The molecule has 0 amide bonds. The van der Waals surface area contributed by atoms with E-state index in [1.165, 1.54) is 36.6 Å². The topological polar surface area (TPSA) is 54.5 Å². The summed E-state index contributed by atoms with van der Waals surface area (Å²) in [5.74, 6) is 0.721. The number of fused-ring (bicyclic) bond motifs is 1. The molecular weight excluding hydrogens is 260 g/mol. The number of hydrogen-bond acceptors (Lipinski definition) is 4. The Bertz CT molecular complexity index is 688. The standard InChI is InChI=1S/C17H20N4/c18-17-20-11-16(21(17)14-5-1-2-6-14)13-7-8-15-12(10-13)4-3-9-19-15/h3-4,7-10,14,16H,1-2,5-6,11H2,(H2,18,20). The Morgan fingerprint density at radius 3 is 2.86 bits per heavy atom. The lowest BCUT2D eigenvalue weighted by Gasteiger charge is -2.32. The minimum Gasteiger partial charge on any atom is -0.370 e. The zero-order valence-electron chi connectivity index (χ0n) is 12.1. The fourth-order valence-electron chi connectivity index (χ4n) is 3.70. The van der Waals surface area contributed by atoms with Crippen LogP contribution >= 0.6 is 0 Å². The Morgan fingerprint density at radius 2 is 2.00 bits per heavy atom. The van der Waals surface area contributed by atoms with Crippen molar-refractivity contribution in [1.82, 2.24) is 9.88 Å². The zero-order chi connectivity index (χ0) is 14.2. The highest BCUT2D eigenvalue weighted by atomic mass is 15.3. The van der Waals surface area contributed by atoms with Gasteiger partial charge in [-0.25, -0.2) is 0 Å². The summed E-state index contributed by atoms with van der Waals surface area (Å²) in [6.45, 7) is 0.772. The third-order valence-corrected chi connectivity index (χ3v) is 4.76. The van der Waals surface area contributed by atoms with Crippen molar-refractivity contribution in [3.63, 3.8) is 0 Å². The smallest absolute Gasteiger partial charge is 0.192 e. The summed E-state index contributed by atoms with van der Waals surface area (Å²) in [6.07, 6.45) is 6.93. The van der Waals surface area contributed by atoms with Gasteiger partial charge in [-0.2, -0.15) is 0 Å². The van der Waals surface area contributed by atoms with Crippen molar-refractivity contribution >= 4 is 16.9 Å². The van der Waals surface area contributed by atoms with E-state index in [1.807, 2.05) is 12.3 Å². The molecule has 1 aromatic heterocycles. The van der Waals surface area contributed by atoms with Crippen LogP contribution in [0.15, 0.2) is 41.5 Å². The predicted molar refractivity (Wildman–Crippen MR) is 85.1 cm³/mol. The molecule has 2 aromatic rings. The van der Waals surface area contributed by atoms with E-state index >= 15 is 0 Å². The van der Waals surface area contributed by atoms with Gasteiger partial charge in [0.15, 0.2) is 5.96 Å². The lowest BCUT2D eigenvalue weighted by Crippen LogP contribution is -2.42. The second-order valence-electron chi connectivity index (χ2n) is 6.02. The first-order chi connectivity index (χ1) is 10.3. The van der Waals surface area contributed by atoms with E-state index in [0.29, 0.717) is 6.04 Å². The molecule has 0 radical (unpaired) electrons. The summed E-state index contributed by atoms with van der Waals surface area (Å²) in [4.78, 5) is 11.2. The SMILES string of the molecule is NC1=NCC(c2ccc3ncccc3c2)N1C1CCCC1. The Balaban J connectivity index is 1.70. The van der Waals surface area contributed by atoms with Crippen molar-refractivity contribution in [2.75, 3.05) is 6.54 Å². The van der Waals surface area contributed by atoms with Gasteiger partial charge in [-0.3, -0.25) is 9.98 Å². The van der Waals surface area contributed by atoms with Gasteiger partial charge < -0.3 is 10.6 Å². The van der Waals surface area contributed by atoms with Crippen LogP contribution in [0.1, 0.15) is 37.3 Å². The molecule has 2 aliphatic rings. The predicted octanol–water partition coefficient (Wildman–Crippen LogP) is 2.85. The number of pyridine rings is 1. The van der Waals surface area contributed by atoms with Gasteiger partial charge >= 0.3 is 0 Å². The molecule has 1 aliphatic heterocycles. The summed E-state index contributed by atoms with van der Waals surface area (Å²) >= 11 is 0. The summed E-state index contributed by atoms with van der Waals surface area (Å²) < 4.78 is 0. The van der Waals surface area contributed by atoms with Crippen LogP contribution in [-0.4, -0.2) is 28.4 Å². The van der Waals surface area contributed by atoms with Gasteiger partial charge in [-0.05, 0) is 36.6 Å². The molecule has 4 rings (SSSR count). The van der Waals surface area contributed by atoms with E-state index in [-0.39, 0.29) is 6.04 Å². The molecule has 2 heterocycles. The highest BCUT2D eigenvalue weighted by Crippen LogP contribution is 2.34. The Kier molecular flexibility index (Phi) is 3.02. The molecule has 21 heavy (non-hydrogen) atoms. The van der Waals surface area contributed by atoms with Gasteiger partial charge in [-0.15, -0.1) is 0 Å². The van der Waals surface area contributed by atoms with Crippen LogP contribution in [0.25, 0.3) is 10.9 Å². The second kappa shape index (κ2) is 5.02. The molecule has 4 heteroatoms. The van der Waals surface area contributed by atoms with Crippen LogP contribution in [-0.2, 0) is 0 Å². The van der Waals surface area contributed by atoms with Crippen molar-refractivity contribution in [2.45, 2.75) is 37.8 Å². The first-order valence-corrected chi connectivity index (χ1v) is 7.76. The van der Waals surface area contributed by atoms with Crippen LogP contribution in [0.2, 0.25) is 0 Å². The highest BCUT2D eigenvalue weighted by molar-refractivity contribution is 5.82. The lowest BCUT2D eigenvalue weighted by molar-refractivity contribution is 0.262. The normalized spacial score (nSPS) is 23.0. The van der Waals surface area contributed by atoms with Crippen LogP contribution in [0.5, 0.6) is 0 Å². The monoisotopic (exact) mass is 280 g/mol. The minimum atomic E-state index is 0.290. The number of benzene rings is 1. The third-order valence-electron chi connectivity index (χ3n) is 4.76. The second-order valence-corrected chi connectivity index (χ2v) is 6.02. The average molecular weight is 280 g/mol. The van der Waals surface area contributed by atoms with Gasteiger partial charge in [0.25, 0.3) is 0 Å². The molecule has 4 nitrogen and oxygen atoms in total. The van der Waals surface area contributed by atoms with Gasteiger partial charge in [0.2, 0.25) is 0 Å². The fourth-order valence-corrected chi connectivity index (χ4v) is 3.70. The molecule has 1 saturated carbocycles. The number of nitrogens with two attached hydrogens (primary N) is 1. The number of aliphatic imine (C=N–C) groups is 1. The first kappa shape index (κ1) is 12.6. The van der Waals surface area contributed by atoms with E-state index in [1.54, 1.807) is 0 Å². The molecule has 2 N–H and O–H groups in total. The zero-order valence-corrected chi connectivity index (χ0v) is 12.1. The molecule has 1 fully saturated rings. The molecule has 1 atom stereocenters. The van der Waals surface area contributed by atoms with E-state index in [0.717, 1.165) is 18.0 Å². The van der Waals surface area contributed by atoms with Gasteiger partial charge in [-0.1, -0.05) is 25.0 Å². The van der Waals surface area contributed by atoms with Crippen LogP contribution in [0.3, 0.4) is 0 Å². The maximum atomic E-state index is 6.16. The van der Waals surface area contributed by atoms with Crippen LogP contribution < -0.4 is 5.73 Å². The van der Waals surface area contributed by atoms with Crippen molar-refractivity contribution in [2.24, 2.45) is 10.7 Å². The number of aromatic nitrogens is 1. The Hall–Kier alpha value is -2.10. The minimum absolute atomic E-state index is 0.290.